The number of nitrogen functional groups attached to an aromatic ring is 1. The summed E-state index contributed by atoms with van der Waals surface area (Å²) in [5.74, 6) is 0.822. The van der Waals surface area contributed by atoms with E-state index in [4.69, 9.17) is 10.5 Å². The number of methoxy groups -OCH3 is 1. The van der Waals surface area contributed by atoms with Crippen LogP contribution in [0.4, 0.5) is 5.69 Å². The predicted molar refractivity (Wildman–Crippen MR) is 65.5 cm³/mol. The molecule has 0 atom stereocenters. The van der Waals surface area contributed by atoms with Crippen LogP contribution in [0.2, 0.25) is 0 Å². The Morgan fingerprint density at radius 3 is 2.85 bits per heavy atom. The van der Waals surface area contributed by atoms with Crippen molar-refractivity contribution in [2.24, 2.45) is 0 Å². The molecule has 0 amide bonds. The Morgan fingerprint density at radius 1 is 1.38 bits per heavy atom. The molecule has 0 radical (unpaired) electrons. The summed E-state index contributed by atoms with van der Waals surface area (Å²) in [6.45, 7) is 0. The maximum absolute atomic E-state index is 5.87. The van der Waals surface area contributed by atoms with Crippen LogP contribution >= 0.6 is 33.9 Å². The molecule has 68 valence electrons. The van der Waals surface area contributed by atoms with Gasteiger partial charge in [-0.25, -0.2) is 0 Å². The maximum atomic E-state index is 5.87. The van der Waals surface area contributed by atoms with Gasteiger partial charge in [0.05, 0.1) is 9.99 Å². The fraction of sp³-hybridized carbons (Fsp3) is 0.111. The van der Waals surface area contributed by atoms with Gasteiger partial charge in [-0.2, -0.15) is 0 Å². The minimum atomic E-state index is 0.786. The first-order valence-corrected chi connectivity index (χ1v) is 5.63. The molecule has 0 unspecified atom stereocenters. The Bertz CT molecular complexity index is 452. The topological polar surface area (TPSA) is 35.2 Å². The molecule has 0 bridgehead atoms. The molecule has 4 heteroatoms. The number of hydrogen-bond donors (Lipinski definition) is 1. The lowest BCUT2D eigenvalue weighted by Crippen LogP contribution is -1.87. The molecule has 13 heavy (non-hydrogen) atoms. The molecule has 0 fully saturated rings. The molecular weight excluding hydrogens is 297 g/mol. The molecule has 2 rings (SSSR count). The normalized spacial score (nSPS) is 10.6. The molecule has 0 spiro atoms. The van der Waals surface area contributed by atoms with E-state index in [1.807, 2.05) is 12.1 Å². The Balaban J connectivity index is 2.75. The average Bonchev–Trinajstić information content (AvgIpc) is 2.46. The molecule has 2 N–H and O–H groups in total. The quantitative estimate of drug-likeness (QED) is 0.649. The van der Waals surface area contributed by atoms with Crippen molar-refractivity contribution in [2.45, 2.75) is 0 Å². The summed E-state index contributed by atoms with van der Waals surface area (Å²) in [6.07, 6.45) is 0. The summed E-state index contributed by atoms with van der Waals surface area (Å²) in [4.78, 5) is 0. The zero-order valence-electron chi connectivity index (χ0n) is 7.00. The number of benzene rings is 1. The minimum absolute atomic E-state index is 0.786. The third-order valence-electron chi connectivity index (χ3n) is 1.85. The highest BCUT2D eigenvalue weighted by Crippen LogP contribution is 2.34. The second-order valence-corrected chi connectivity index (χ2v) is 5.66. The van der Waals surface area contributed by atoms with E-state index in [0.29, 0.717) is 0 Å². The van der Waals surface area contributed by atoms with E-state index in [-0.39, 0.29) is 0 Å². The van der Waals surface area contributed by atoms with Gasteiger partial charge in [0.1, 0.15) is 5.75 Å². The third kappa shape index (κ3) is 1.60. The summed E-state index contributed by atoms with van der Waals surface area (Å²) >= 11 is 4.02. The molecule has 1 heterocycles. The average molecular weight is 305 g/mol. The van der Waals surface area contributed by atoms with Crippen molar-refractivity contribution in [1.29, 1.82) is 0 Å². The van der Waals surface area contributed by atoms with Crippen molar-refractivity contribution < 1.29 is 4.74 Å². The van der Waals surface area contributed by atoms with Crippen LogP contribution in [0.5, 0.6) is 5.75 Å². The van der Waals surface area contributed by atoms with Gasteiger partial charge in [-0.05, 0) is 34.7 Å². The van der Waals surface area contributed by atoms with Crippen LogP contribution < -0.4 is 10.5 Å². The molecular formula is C9H8INOS. The van der Waals surface area contributed by atoms with Crippen LogP contribution in [0.3, 0.4) is 0 Å². The number of thiophene rings is 1. The summed E-state index contributed by atoms with van der Waals surface area (Å²) in [6, 6.07) is 5.96. The second-order valence-electron chi connectivity index (χ2n) is 2.68. The number of fused-ring (bicyclic) bond motifs is 1. The zero-order valence-corrected chi connectivity index (χ0v) is 9.98. The molecule has 0 aliphatic heterocycles. The smallest absolute Gasteiger partial charge is 0.122 e. The standard InChI is InChI=1S/C9H8INOS/c1-12-5-2-7(11)6-4-9(10)13-8(6)3-5/h2-4H,11H2,1H3. The fourth-order valence-electron chi connectivity index (χ4n) is 1.23. The Hall–Kier alpha value is -0.490. The van der Waals surface area contributed by atoms with E-state index < -0.39 is 0 Å². The van der Waals surface area contributed by atoms with Gasteiger partial charge in [0.15, 0.2) is 0 Å². The van der Waals surface area contributed by atoms with E-state index in [2.05, 4.69) is 28.7 Å². The lowest BCUT2D eigenvalue weighted by molar-refractivity contribution is 0.415. The summed E-state index contributed by atoms with van der Waals surface area (Å²) in [7, 11) is 1.65. The van der Waals surface area contributed by atoms with Crippen LogP contribution in [0.25, 0.3) is 10.1 Å². The van der Waals surface area contributed by atoms with Gasteiger partial charge in [0.2, 0.25) is 0 Å². The van der Waals surface area contributed by atoms with Crippen LogP contribution in [-0.2, 0) is 0 Å². The third-order valence-corrected chi connectivity index (χ3v) is 3.69. The number of halogens is 1. The van der Waals surface area contributed by atoms with Gasteiger partial charge >= 0.3 is 0 Å². The van der Waals surface area contributed by atoms with Gasteiger partial charge in [-0.1, -0.05) is 0 Å². The second kappa shape index (κ2) is 3.34. The van der Waals surface area contributed by atoms with Crippen LogP contribution in [-0.4, -0.2) is 7.11 Å². The van der Waals surface area contributed by atoms with Crippen molar-refractivity contribution in [3.63, 3.8) is 0 Å². The van der Waals surface area contributed by atoms with Crippen LogP contribution in [0, 0.1) is 2.88 Å². The molecule has 0 saturated carbocycles. The van der Waals surface area contributed by atoms with E-state index in [1.165, 1.54) is 7.58 Å². The predicted octanol–water partition coefficient (Wildman–Crippen LogP) is 3.10. The maximum Gasteiger partial charge on any atom is 0.122 e. The SMILES string of the molecule is COc1cc(N)c2cc(I)sc2c1. The van der Waals surface area contributed by atoms with Crippen molar-refractivity contribution in [3.05, 3.63) is 21.1 Å². The Labute approximate surface area is 93.8 Å². The number of anilines is 1. The highest BCUT2D eigenvalue weighted by molar-refractivity contribution is 14.1. The molecule has 0 aliphatic rings. The largest absolute Gasteiger partial charge is 0.497 e. The number of hydrogen-bond acceptors (Lipinski definition) is 3. The molecule has 2 aromatic rings. The van der Waals surface area contributed by atoms with Gasteiger partial charge in [0.25, 0.3) is 0 Å². The Kier molecular flexibility index (Phi) is 2.33. The summed E-state index contributed by atoms with van der Waals surface area (Å²) in [5.41, 5.74) is 6.65. The molecule has 0 saturated heterocycles. The van der Waals surface area contributed by atoms with E-state index in [0.717, 1.165) is 16.8 Å². The summed E-state index contributed by atoms with van der Waals surface area (Å²) in [5, 5.41) is 1.12. The van der Waals surface area contributed by atoms with E-state index in [9.17, 15) is 0 Å². The van der Waals surface area contributed by atoms with Crippen LogP contribution in [0.1, 0.15) is 0 Å². The van der Waals surface area contributed by atoms with Gasteiger partial charge in [-0.15, -0.1) is 11.3 Å². The van der Waals surface area contributed by atoms with Crippen molar-refractivity contribution in [3.8, 4) is 5.75 Å². The lowest BCUT2D eigenvalue weighted by Gasteiger charge is -2.01. The lowest BCUT2D eigenvalue weighted by atomic mass is 10.2. The van der Waals surface area contributed by atoms with Crippen molar-refractivity contribution >= 4 is 49.7 Å². The zero-order chi connectivity index (χ0) is 9.42. The monoisotopic (exact) mass is 305 g/mol. The first-order chi connectivity index (χ1) is 6.20. The Morgan fingerprint density at radius 2 is 2.15 bits per heavy atom. The van der Waals surface area contributed by atoms with Crippen LogP contribution in [0.15, 0.2) is 18.2 Å². The number of nitrogens with two attached hydrogens (primary N) is 1. The molecule has 2 nitrogen and oxygen atoms in total. The number of rotatable bonds is 1. The van der Waals surface area contributed by atoms with E-state index in [1.54, 1.807) is 18.4 Å². The minimum Gasteiger partial charge on any atom is -0.497 e. The van der Waals surface area contributed by atoms with E-state index >= 15 is 0 Å². The highest BCUT2D eigenvalue weighted by atomic mass is 127. The van der Waals surface area contributed by atoms with Crippen molar-refractivity contribution in [2.75, 3.05) is 12.8 Å². The summed E-state index contributed by atoms with van der Waals surface area (Å²) < 4.78 is 7.56. The van der Waals surface area contributed by atoms with Crippen molar-refractivity contribution in [1.82, 2.24) is 0 Å². The molecule has 1 aromatic heterocycles. The van der Waals surface area contributed by atoms with Gasteiger partial charge < -0.3 is 10.5 Å². The fourth-order valence-corrected chi connectivity index (χ4v) is 3.10. The highest BCUT2D eigenvalue weighted by Gasteiger charge is 2.05. The first-order valence-electron chi connectivity index (χ1n) is 3.73. The first kappa shape index (κ1) is 9.08. The van der Waals surface area contributed by atoms with Gasteiger partial charge in [0, 0.05) is 21.8 Å². The molecule has 0 aliphatic carbocycles. The number of ether oxygens (including phenoxy) is 1. The van der Waals surface area contributed by atoms with Gasteiger partial charge in [-0.3, -0.25) is 0 Å². The molecule has 1 aromatic carbocycles.